The quantitative estimate of drug-likeness (QED) is 0.451. The van der Waals surface area contributed by atoms with Crippen LogP contribution in [0.3, 0.4) is 0 Å². The molecule has 0 amide bonds. The summed E-state index contributed by atoms with van der Waals surface area (Å²) in [5, 5.41) is 0. The topological polar surface area (TPSA) is 39.2 Å². The molecule has 3 nitrogen and oxygen atoms in total. The van der Waals surface area contributed by atoms with E-state index in [0.717, 1.165) is 6.42 Å². The zero-order valence-electron chi connectivity index (χ0n) is 11.7. The van der Waals surface area contributed by atoms with Crippen molar-refractivity contribution in [3.8, 4) is 5.75 Å². The van der Waals surface area contributed by atoms with E-state index < -0.39 is 0 Å². The van der Waals surface area contributed by atoms with E-state index in [-0.39, 0.29) is 5.97 Å². The van der Waals surface area contributed by atoms with Gasteiger partial charge in [0.1, 0.15) is 5.75 Å². The lowest BCUT2D eigenvalue weighted by Crippen LogP contribution is -2.08. The van der Waals surface area contributed by atoms with Gasteiger partial charge in [0, 0.05) is 12.4 Å². The number of carbonyl (C=O) groups is 1. The first kappa shape index (κ1) is 14.3. The Balaban J connectivity index is 1.92. The molecule has 0 unspecified atom stereocenters. The van der Waals surface area contributed by atoms with Crippen LogP contribution < -0.4 is 4.74 Å². The van der Waals surface area contributed by atoms with Crippen molar-refractivity contribution in [3.63, 3.8) is 0 Å². The van der Waals surface area contributed by atoms with Crippen LogP contribution in [0.1, 0.15) is 42.1 Å². The van der Waals surface area contributed by atoms with Crippen molar-refractivity contribution in [2.24, 2.45) is 0 Å². The van der Waals surface area contributed by atoms with Gasteiger partial charge in [-0.2, -0.15) is 0 Å². The van der Waals surface area contributed by atoms with Crippen LogP contribution in [-0.2, 0) is 6.42 Å². The fourth-order valence-electron chi connectivity index (χ4n) is 1.96. The minimum Gasteiger partial charge on any atom is -0.423 e. The van der Waals surface area contributed by atoms with Gasteiger partial charge >= 0.3 is 5.97 Å². The maximum Gasteiger partial charge on any atom is 0.343 e. The van der Waals surface area contributed by atoms with Crippen LogP contribution in [0.15, 0.2) is 48.8 Å². The highest BCUT2D eigenvalue weighted by atomic mass is 16.5. The van der Waals surface area contributed by atoms with Gasteiger partial charge in [-0.1, -0.05) is 31.9 Å². The molecule has 0 bridgehead atoms. The standard InChI is InChI=1S/C17H19NO2/c1-2-3-4-5-14-6-8-16(9-7-14)20-17(19)15-10-12-18-13-11-15/h6-13H,2-5H2,1H3. The van der Waals surface area contributed by atoms with E-state index in [2.05, 4.69) is 11.9 Å². The van der Waals surface area contributed by atoms with Gasteiger partial charge in [0.2, 0.25) is 0 Å². The lowest BCUT2D eigenvalue weighted by Gasteiger charge is -2.05. The second-order valence-corrected chi connectivity index (χ2v) is 4.73. The predicted octanol–water partition coefficient (Wildman–Crippen LogP) is 4.03. The van der Waals surface area contributed by atoms with Gasteiger partial charge in [-0.3, -0.25) is 4.98 Å². The van der Waals surface area contributed by atoms with Gasteiger partial charge in [0.25, 0.3) is 0 Å². The summed E-state index contributed by atoms with van der Waals surface area (Å²) in [6, 6.07) is 11.0. The van der Waals surface area contributed by atoms with Crippen LogP contribution in [0, 0.1) is 0 Å². The zero-order chi connectivity index (χ0) is 14.2. The van der Waals surface area contributed by atoms with E-state index >= 15 is 0 Å². The van der Waals surface area contributed by atoms with Crippen LogP contribution in [0.4, 0.5) is 0 Å². The number of unbranched alkanes of at least 4 members (excludes halogenated alkanes) is 2. The molecule has 0 spiro atoms. The van der Waals surface area contributed by atoms with Crippen molar-refractivity contribution in [1.29, 1.82) is 0 Å². The molecule has 0 saturated heterocycles. The molecule has 0 atom stereocenters. The molecule has 2 aromatic rings. The molecule has 3 heteroatoms. The van der Waals surface area contributed by atoms with Crippen LogP contribution in [0.5, 0.6) is 5.75 Å². The first-order valence-electron chi connectivity index (χ1n) is 7.00. The molecular formula is C17H19NO2. The number of benzene rings is 1. The van der Waals surface area contributed by atoms with E-state index in [4.69, 9.17) is 4.74 Å². The number of carbonyl (C=O) groups excluding carboxylic acids is 1. The normalized spacial score (nSPS) is 10.2. The average Bonchev–Trinajstić information content (AvgIpc) is 2.50. The van der Waals surface area contributed by atoms with Crippen molar-refractivity contribution in [1.82, 2.24) is 4.98 Å². The third-order valence-electron chi connectivity index (χ3n) is 3.12. The van der Waals surface area contributed by atoms with Gasteiger partial charge in [-0.05, 0) is 42.7 Å². The SMILES string of the molecule is CCCCCc1ccc(OC(=O)c2ccncc2)cc1. The zero-order valence-corrected chi connectivity index (χ0v) is 11.7. The highest BCUT2D eigenvalue weighted by Gasteiger charge is 2.07. The number of aryl methyl sites for hydroxylation is 1. The van der Waals surface area contributed by atoms with E-state index in [1.165, 1.54) is 24.8 Å². The minimum absolute atomic E-state index is 0.355. The first-order chi connectivity index (χ1) is 9.79. The summed E-state index contributed by atoms with van der Waals surface area (Å²) in [5.41, 5.74) is 1.79. The van der Waals surface area contributed by atoms with E-state index in [0.29, 0.717) is 11.3 Å². The fraction of sp³-hybridized carbons (Fsp3) is 0.294. The third-order valence-corrected chi connectivity index (χ3v) is 3.12. The van der Waals surface area contributed by atoms with Crippen LogP contribution in [0.2, 0.25) is 0 Å². The smallest absolute Gasteiger partial charge is 0.343 e. The van der Waals surface area contributed by atoms with Gasteiger partial charge in [0.05, 0.1) is 5.56 Å². The molecule has 0 radical (unpaired) electrons. The number of esters is 1. The number of hydrogen-bond donors (Lipinski definition) is 0. The number of ether oxygens (including phenoxy) is 1. The Hall–Kier alpha value is -2.16. The van der Waals surface area contributed by atoms with E-state index in [9.17, 15) is 4.79 Å². The molecule has 1 heterocycles. The minimum atomic E-state index is -0.355. The maximum absolute atomic E-state index is 11.9. The summed E-state index contributed by atoms with van der Waals surface area (Å²) in [5.74, 6) is 0.220. The molecule has 0 saturated carbocycles. The summed E-state index contributed by atoms with van der Waals surface area (Å²) < 4.78 is 5.31. The van der Waals surface area contributed by atoms with Crippen LogP contribution in [-0.4, -0.2) is 11.0 Å². The lowest BCUT2D eigenvalue weighted by molar-refractivity contribution is 0.0734. The molecule has 0 aliphatic rings. The summed E-state index contributed by atoms with van der Waals surface area (Å²) in [6.07, 6.45) is 7.90. The molecule has 2 rings (SSSR count). The Kier molecular flexibility index (Phi) is 5.30. The van der Waals surface area contributed by atoms with Crippen molar-refractivity contribution in [2.75, 3.05) is 0 Å². The van der Waals surface area contributed by atoms with Gasteiger partial charge in [0.15, 0.2) is 0 Å². The first-order valence-corrected chi connectivity index (χ1v) is 7.00. The number of rotatable bonds is 6. The van der Waals surface area contributed by atoms with E-state index in [1.807, 2.05) is 24.3 Å². The Bertz CT molecular complexity index is 535. The molecule has 104 valence electrons. The summed E-state index contributed by atoms with van der Waals surface area (Å²) >= 11 is 0. The number of pyridine rings is 1. The highest BCUT2D eigenvalue weighted by molar-refractivity contribution is 5.90. The Morgan fingerprint density at radius 3 is 2.40 bits per heavy atom. The van der Waals surface area contributed by atoms with Crippen LogP contribution in [0.25, 0.3) is 0 Å². The molecule has 1 aromatic carbocycles. The average molecular weight is 269 g/mol. The van der Waals surface area contributed by atoms with Crippen molar-refractivity contribution in [2.45, 2.75) is 32.6 Å². The van der Waals surface area contributed by atoms with E-state index in [1.54, 1.807) is 24.5 Å². The number of nitrogens with zero attached hydrogens (tertiary/aromatic N) is 1. The van der Waals surface area contributed by atoms with Crippen molar-refractivity contribution in [3.05, 3.63) is 59.9 Å². The van der Waals surface area contributed by atoms with Gasteiger partial charge in [-0.15, -0.1) is 0 Å². The largest absolute Gasteiger partial charge is 0.423 e. The molecule has 0 fully saturated rings. The predicted molar refractivity (Wildman–Crippen MR) is 78.9 cm³/mol. The summed E-state index contributed by atoms with van der Waals surface area (Å²) in [6.45, 7) is 2.20. The molecule has 1 aromatic heterocycles. The van der Waals surface area contributed by atoms with Crippen molar-refractivity contribution < 1.29 is 9.53 Å². The second-order valence-electron chi connectivity index (χ2n) is 4.73. The van der Waals surface area contributed by atoms with Crippen molar-refractivity contribution >= 4 is 5.97 Å². The number of aromatic nitrogens is 1. The molecular weight excluding hydrogens is 250 g/mol. The number of hydrogen-bond acceptors (Lipinski definition) is 3. The molecule has 20 heavy (non-hydrogen) atoms. The Labute approximate surface area is 119 Å². The molecule has 0 aliphatic carbocycles. The lowest BCUT2D eigenvalue weighted by atomic mass is 10.1. The molecule has 0 N–H and O–H groups in total. The summed E-state index contributed by atoms with van der Waals surface area (Å²) in [4.78, 5) is 15.7. The summed E-state index contributed by atoms with van der Waals surface area (Å²) in [7, 11) is 0. The fourth-order valence-corrected chi connectivity index (χ4v) is 1.96. The van der Waals surface area contributed by atoms with Crippen LogP contribution >= 0.6 is 0 Å². The molecule has 0 aliphatic heterocycles. The Morgan fingerprint density at radius 2 is 1.75 bits per heavy atom. The second kappa shape index (κ2) is 7.43. The van der Waals surface area contributed by atoms with Gasteiger partial charge < -0.3 is 4.74 Å². The Morgan fingerprint density at radius 1 is 1.05 bits per heavy atom. The maximum atomic E-state index is 11.9. The van der Waals surface area contributed by atoms with Gasteiger partial charge in [-0.25, -0.2) is 4.79 Å². The highest BCUT2D eigenvalue weighted by Crippen LogP contribution is 2.15. The third kappa shape index (κ3) is 4.19. The monoisotopic (exact) mass is 269 g/mol.